The average molecular weight is 286 g/mol. The minimum Gasteiger partial charge on any atom is -0.294 e. The van der Waals surface area contributed by atoms with Gasteiger partial charge in [0.1, 0.15) is 5.69 Å². The normalized spacial score (nSPS) is 11.4. The fourth-order valence-electron chi connectivity index (χ4n) is 3.28. The Kier molecular flexibility index (Phi) is 2.73. The van der Waals surface area contributed by atoms with Gasteiger partial charge in [-0.05, 0) is 36.6 Å². The second-order valence-corrected chi connectivity index (χ2v) is 5.75. The molecule has 0 amide bonds. The quantitative estimate of drug-likeness (QED) is 0.441. The van der Waals surface area contributed by atoms with E-state index in [2.05, 4.69) is 90.7 Å². The van der Waals surface area contributed by atoms with Crippen LogP contribution in [0.5, 0.6) is 0 Å². The molecule has 0 N–H and O–H groups in total. The zero-order valence-corrected chi connectivity index (χ0v) is 12.9. The number of benzene rings is 3. The van der Waals surface area contributed by atoms with E-state index in [0.717, 1.165) is 5.82 Å². The molecule has 0 atom stereocenters. The summed E-state index contributed by atoms with van der Waals surface area (Å²) in [4.78, 5) is 0. The lowest BCUT2D eigenvalue weighted by Crippen LogP contribution is -2.03. The summed E-state index contributed by atoms with van der Waals surface area (Å²) >= 11 is 0. The van der Waals surface area contributed by atoms with Crippen LogP contribution in [0.2, 0.25) is 0 Å². The number of aryl methyl sites for hydroxylation is 2. The first-order valence-corrected chi connectivity index (χ1v) is 7.48. The van der Waals surface area contributed by atoms with Gasteiger partial charge in [0, 0.05) is 36.0 Å². The molecule has 0 saturated carbocycles. The Morgan fingerprint density at radius 3 is 2.36 bits per heavy atom. The highest BCUT2D eigenvalue weighted by atomic mass is 15.2. The number of hydrogen-bond acceptors (Lipinski definition) is 0. The molecule has 0 radical (unpaired) electrons. The molecule has 0 bridgehead atoms. The molecule has 1 heterocycles. The summed E-state index contributed by atoms with van der Waals surface area (Å²) in [6.45, 7) is 6.47. The molecule has 0 aliphatic carbocycles. The monoisotopic (exact) mass is 286 g/mol. The van der Waals surface area contributed by atoms with Crippen molar-refractivity contribution in [3.05, 3.63) is 79.0 Å². The number of fused-ring (bicyclic) bond motifs is 2. The molecular weight excluding hydrogens is 268 g/mol. The van der Waals surface area contributed by atoms with Crippen molar-refractivity contribution in [3.8, 4) is 5.69 Å². The third-order valence-electron chi connectivity index (χ3n) is 4.46. The number of imidazole rings is 1. The third kappa shape index (κ3) is 1.67. The SMILES string of the molecule is [CH2-][c+]1n(C)c2ccccc2n1-c1c(C)ccc2ccccc12. The predicted molar refractivity (Wildman–Crippen MR) is 93.4 cm³/mol. The maximum absolute atomic E-state index is 4.31. The molecule has 2 nitrogen and oxygen atoms in total. The smallest absolute Gasteiger partial charge is 0.188 e. The highest BCUT2D eigenvalue weighted by Crippen LogP contribution is 2.31. The summed E-state index contributed by atoms with van der Waals surface area (Å²) < 4.78 is 4.42. The highest BCUT2D eigenvalue weighted by Gasteiger charge is 2.20. The van der Waals surface area contributed by atoms with Gasteiger partial charge in [-0.25, -0.2) is 4.57 Å². The summed E-state index contributed by atoms with van der Waals surface area (Å²) in [5.41, 5.74) is 4.86. The van der Waals surface area contributed by atoms with Gasteiger partial charge in [0.25, 0.3) is 0 Å². The van der Waals surface area contributed by atoms with Crippen molar-refractivity contribution < 1.29 is 0 Å². The van der Waals surface area contributed by atoms with Crippen LogP contribution in [0.1, 0.15) is 11.4 Å². The second-order valence-electron chi connectivity index (χ2n) is 5.75. The highest BCUT2D eigenvalue weighted by molar-refractivity contribution is 5.94. The van der Waals surface area contributed by atoms with E-state index < -0.39 is 0 Å². The van der Waals surface area contributed by atoms with Gasteiger partial charge in [0.2, 0.25) is 0 Å². The van der Waals surface area contributed by atoms with Crippen molar-refractivity contribution in [3.63, 3.8) is 0 Å². The molecule has 22 heavy (non-hydrogen) atoms. The lowest BCUT2D eigenvalue weighted by molar-refractivity contribution is 0.874. The molecular formula is C20H18N2. The number of nitrogens with zero attached hydrogens (tertiary/aromatic N) is 2. The maximum atomic E-state index is 4.31. The summed E-state index contributed by atoms with van der Waals surface area (Å²) in [7, 11) is 2.07. The lowest BCUT2D eigenvalue weighted by Gasteiger charge is -2.10. The zero-order chi connectivity index (χ0) is 15.3. The average Bonchev–Trinajstić information content (AvgIpc) is 2.80. The Morgan fingerprint density at radius 2 is 1.55 bits per heavy atom. The minimum absolute atomic E-state index is 0.987. The van der Waals surface area contributed by atoms with E-state index in [-0.39, 0.29) is 0 Å². The lowest BCUT2D eigenvalue weighted by atomic mass is 10.0. The van der Waals surface area contributed by atoms with E-state index in [1.54, 1.807) is 0 Å². The van der Waals surface area contributed by atoms with Crippen LogP contribution in [0.25, 0.3) is 27.5 Å². The molecule has 2 heteroatoms. The molecule has 1 aromatic heterocycles. The second kappa shape index (κ2) is 4.63. The van der Waals surface area contributed by atoms with E-state index in [0.29, 0.717) is 0 Å². The van der Waals surface area contributed by atoms with Gasteiger partial charge in [-0.15, -0.1) is 0 Å². The molecule has 0 aliphatic rings. The van der Waals surface area contributed by atoms with E-state index in [1.807, 2.05) is 0 Å². The van der Waals surface area contributed by atoms with Gasteiger partial charge in [-0.3, -0.25) is 11.5 Å². The van der Waals surface area contributed by atoms with Crippen molar-refractivity contribution in [1.82, 2.24) is 9.13 Å². The Morgan fingerprint density at radius 1 is 0.864 bits per heavy atom. The molecule has 0 aliphatic heterocycles. The summed E-state index contributed by atoms with van der Waals surface area (Å²) in [6, 6.07) is 21.3. The molecule has 0 spiro atoms. The van der Waals surface area contributed by atoms with E-state index in [9.17, 15) is 0 Å². The first-order chi connectivity index (χ1) is 10.7. The molecule has 0 fully saturated rings. The molecule has 4 rings (SSSR count). The van der Waals surface area contributed by atoms with Crippen molar-refractivity contribution >= 4 is 21.8 Å². The van der Waals surface area contributed by atoms with Crippen LogP contribution < -0.4 is 0 Å². The summed E-state index contributed by atoms with van der Waals surface area (Å²) in [5.74, 6) is 0.987. The molecule has 108 valence electrons. The summed E-state index contributed by atoms with van der Waals surface area (Å²) in [5, 5.41) is 2.51. The Bertz CT molecular complexity index is 1010. The topological polar surface area (TPSA) is 9.86 Å². The Balaban J connectivity index is 2.21. The van der Waals surface area contributed by atoms with Gasteiger partial charge >= 0.3 is 0 Å². The van der Waals surface area contributed by atoms with Gasteiger partial charge in [0.15, 0.2) is 11.0 Å². The zero-order valence-electron chi connectivity index (χ0n) is 12.9. The summed E-state index contributed by atoms with van der Waals surface area (Å²) in [6.07, 6.45) is 0. The van der Waals surface area contributed by atoms with Gasteiger partial charge in [-0.2, -0.15) is 0 Å². The van der Waals surface area contributed by atoms with Gasteiger partial charge in [0.05, 0.1) is 0 Å². The molecule has 0 unspecified atom stereocenters. The standard InChI is InChI=1S/C20H18N2/c1-14-12-13-16-8-4-5-9-17(16)20(14)22-15(2)21(3)18-10-6-7-11-19(18)22/h4-13H,2H2,1,3H3. The van der Waals surface area contributed by atoms with Gasteiger partial charge < -0.3 is 0 Å². The van der Waals surface area contributed by atoms with E-state index in [4.69, 9.17) is 0 Å². The largest absolute Gasteiger partial charge is 0.294 e. The molecule has 0 saturated heterocycles. The van der Waals surface area contributed by atoms with Crippen molar-refractivity contribution in [2.75, 3.05) is 0 Å². The van der Waals surface area contributed by atoms with Crippen molar-refractivity contribution in [1.29, 1.82) is 0 Å². The molecule has 3 aromatic carbocycles. The number of rotatable bonds is 1. The number of para-hydroxylation sites is 2. The van der Waals surface area contributed by atoms with Crippen LogP contribution in [-0.4, -0.2) is 9.13 Å². The van der Waals surface area contributed by atoms with E-state index >= 15 is 0 Å². The number of hydrogen-bond donors (Lipinski definition) is 0. The van der Waals surface area contributed by atoms with Crippen LogP contribution in [0.3, 0.4) is 0 Å². The third-order valence-corrected chi connectivity index (χ3v) is 4.46. The Labute approximate surface area is 130 Å². The number of aromatic nitrogens is 2. The van der Waals surface area contributed by atoms with Crippen molar-refractivity contribution in [2.45, 2.75) is 6.92 Å². The fourth-order valence-corrected chi connectivity index (χ4v) is 3.28. The minimum atomic E-state index is 0.987. The Hall–Kier alpha value is -2.74. The van der Waals surface area contributed by atoms with Crippen LogP contribution in [-0.2, 0) is 7.05 Å². The predicted octanol–water partition coefficient (Wildman–Crippen LogP) is 4.89. The molecule has 4 aromatic rings. The van der Waals surface area contributed by atoms with E-state index in [1.165, 1.54) is 33.1 Å². The van der Waals surface area contributed by atoms with Crippen LogP contribution >= 0.6 is 0 Å². The van der Waals surface area contributed by atoms with Crippen LogP contribution in [0.4, 0.5) is 0 Å². The van der Waals surface area contributed by atoms with Crippen LogP contribution in [0, 0.1) is 13.8 Å². The van der Waals surface area contributed by atoms with Crippen LogP contribution in [0.15, 0.2) is 60.7 Å². The first-order valence-electron chi connectivity index (χ1n) is 7.48. The van der Waals surface area contributed by atoms with Gasteiger partial charge in [-0.1, -0.05) is 24.3 Å². The van der Waals surface area contributed by atoms with Crippen molar-refractivity contribution in [2.24, 2.45) is 7.05 Å². The maximum Gasteiger partial charge on any atom is 0.188 e. The first kappa shape index (κ1) is 13.0. The fraction of sp³-hybridized carbons (Fsp3) is 0.100.